The van der Waals surface area contributed by atoms with Gasteiger partial charge < -0.3 is 4.74 Å². The molecule has 1 aromatic rings. The number of anilines is 1. The van der Waals surface area contributed by atoms with Gasteiger partial charge in [-0.05, 0) is 101 Å². The van der Waals surface area contributed by atoms with E-state index < -0.39 is 17.6 Å². The molecule has 0 spiro atoms. The highest BCUT2D eigenvalue weighted by atomic mass is 16.6. The van der Waals surface area contributed by atoms with Crippen LogP contribution < -0.4 is 16.2 Å². The van der Waals surface area contributed by atoms with Gasteiger partial charge in [-0.15, -0.1) is 0 Å². The Labute approximate surface area is 183 Å². The largest absolute Gasteiger partial charge is 0.444 e. The van der Waals surface area contributed by atoms with E-state index in [4.69, 9.17) is 4.74 Å². The molecular weight excluding hydrogens is 394 g/mol. The number of hydrogen-bond acceptors (Lipinski definition) is 4. The predicted octanol–water partition coefficient (Wildman–Crippen LogP) is 4.40. The number of rotatable bonds is 4. The van der Waals surface area contributed by atoms with Crippen molar-refractivity contribution in [3.8, 4) is 0 Å². The summed E-state index contributed by atoms with van der Waals surface area (Å²) < 4.78 is 5.23. The third-order valence-electron chi connectivity index (χ3n) is 6.79. The normalized spacial score (nSPS) is 28.7. The summed E-state index contributed by atoms with van der Waals surface area (Å²) in [6.07, 6.45) is 7.36. The molecule has 7 heteroatoms. The highest BCUT2D eigenvalue weighted by molar-refractivity contribution is 5.97. The van der Waals surface area contributed by atoms with E-state index in [0.717, 1.165) is 37.0 Å². The summed E-state index contributed by atoms with van der Waals surface area (Å²) in [4.78, 5) is 37.1. The van der Waals surface area contributed by atoms with Crippen LogP contribution in [0.1, 0.15) is 76.1 Å². The van der Waals surface area contributed by atoms with Gasteiger partial charge in [0.05, 0.1) is 0 Å². The Hall–Kier alpha value is -2.57. The van der Waals surface area contributed by atoms with Gasteiger partial charge in [0.1, 0.15) is 5.60 Å². The van der Waals surface area contributed by atoms with E-state index in [9.17, 15) is 14.4 Å². The first kappa shape index (κ1) is 21.7. The highest BCUT2D eigenvalue weighted by Gasteiger charge is 2.51. The lowest BCUT2D eigenvalue weighted by molar-refractivity contribution is -0.130. The minimum absolute atomic E-state index is 0.126. The number of benzene rings is 1. The SMILES string of the molecule is CC(C)(C)OC(=O)Nc1cccc(C(=O)NNC(=O)CC23CC4CC(CC(C4)C2)C3)c1. The standard InChI is InChI=1S/C24H33N3O4/c1-23(2,3)31-22(30)25-19-6-4-5-18(10-19)21(29)27-26-20(28)14-24-11-15-7-16(12-24)9-17(8-15)13-24/h4-6,10,15-17H,7-9,11-14H2,1-3H3,(H,25,30)(H,26,28)(H,27,29). The van der Waals surface area contributed by atoms with E-state index in [-0.39, 0.29) is 11.3 Å². The predicted molar refractivity (Wildman–Crippen MR) is 117 cm³/mol. The van der Waals surface area contributed by atoms with E-state index in [1.165, 1.54) is 19.3 Å². The van der Waals surface area contributed by atoms with Crippen LogP contribution in [0.15, 0.2) is 24.3 Å². The lowest BCUT2D eigenvalue weighted by Gasteiger charge is -2.56. The van der Waals surface area contributed by atoms with E-state index in [1.807, 2.05) is 0 Å². The number of carbonyl (C=O) groups is 3. The van der Waals surface area contributed by atoms with Crippen molar-refractivity contribution in [3.63, 3.8) is 0 Å². The minimum Gasteiger partial charge on any atom is -0.444 e. The second kappa shape index (κ2) is 8.17. The van der Waals surface area contributed by atoms with Gasteiger partial charge in [-0.25, -0.2) is 4.79 Å². The summed E-state index contributed by atoms with van der Waals surface area (Å²) in [6, 6.07) is 6.51. The summed E-state index contributed by atoms with van der Waals surface area (Å²) in [6.45, 7) is 5.34. The molecule has 0 aromatic heterocycles. The molecule has 31 heavy (non-hydrogen) atoms. The van der Waals surface area contributed by atoms with E-state index >= 15 is 0 Å². The zero-order valence-corrected chi connectivity index (χ0v) is 18.6. The van der Waals surface area contributed by atoms with Crippen molar-refractivity contribution in [2.24, 2.45) is 23.2 Å². The van der Waals surface area contributed by atoms with Crippen LogP contribution in [0.2, 0.25) is 0 Å². The van der Waals surface area contributed by atoms with Crippen LogP contribution in [-0.2, 0) is 9.53 Å². The fourth-order valence-electron chi connectivity index (χ4n) is 6.25. The van der Waals surface area contributed by atoms with E-state index in [0.29, 0.717) is 17.7 Å². The molecule has 1 aromatic carbocycles. The molecule has 0 unspecified atom stereocenters. The van der Waals surface area contributed by atoms with Crippen molar-refractivity contribution in [3.05, 3.63) is 29.8 Å². The average Bonchev–Trinajstić information content (AvgIpc) is 2.63. The van der Waals surface area contributed by atoms with Crippen LogP contribution in [-0.4, -0.2) is 23.5 Å². The van der Waals surface area contributed by atoms with Crippen molar-refractivity contribution < 1.29 is 19.1 Å². The van der Waals surface area contributed by atoms with Crippen molar-refractivity contribution in [2.45, 2.75) is 71.3 Å². The fraction of sp³-hybridized carbons (Fsp3) is 0.625. The van der Waals surface area contributed by atoms with Crippen LogP contribution in [0.3, 0.4) is 0 Å². The fourth-order valence-corrected chi connectivity index (χ4v) is 6.25. The molecule has 4 saturated carbocycles. The Bertz CT molecular complexity index is 839. The number of carbonyl (C=O) groups excluding carboxylic acids is 3. The van der Waals surface area contributed by atoms with Crippen molar-refractivity contribution in [2.75, 3.05) is 5.32 Å². The molecule has 3 amide bonds. The number of ether oxygens (including phenoxy) is 1. The number of hydrogen-bond donors (Lipinski definition) is 3. The smallest absolute Gasteiger partial charge is 0.412 e. The maximum Gasteiger partial charge on any atom is 0.412 e. The van der Waals surface area contributed by atoms with Gasteiger partial charge in [-0.2, -0.15) is 0 Å². The number of nitrogens with one attached hydrogen (secondary N) is 3. The van der Waals surface area contributed by atoms with Crippen LogP contribution in [0.25, 0.3) is 0 Å². The molecule has 0 heterocycles. The van der Waals surface area contributed by atoms with Crippen LogP contribution in [0, 0.1) is 23.2 Å². The molecular formula is C24H33N3O4. The monoisotopic (exact) mass is 427 g/mol. The molecule has 0 radical (unpaired) electrons. The first-order chi connectivity index (χ1) is 14.6. The first-order valence-electron chi connectivity index (χ1n) is 11.3. The average molecular weight is 428 g/mol. The van der Waals surface area contributed by atoms with Gasteiger partial charge in [-0.1, -0.05) is 6.07 Å². The van der Waals surface area contributed by atoms with Crippen molar-refractivity contribution in [1.29, 1.82) is 0 Å². The maximum absolute atomic E-state index is 12.6. The van der Waals surface area contributed by atoms with Crippen LogP contribution in [0.4, 0.5) is 10.5 Å². The molecule has 0 saturated heterocycles. The molecule has 5 rings (SSSR count). The zero-order valence-electron chi connectivity index (χ0n) is 18.6. The van der Waals surface area contributed by atoms with Gasteiger partial charge in [0.25, 0.3) is 5.91 Å². The third-order valence-corrected chi connectivity index (χ3v) is 6.79. The quantitative estimate of drug-likeness (QED) is 0.621. The van der Waals surface area contributed by atoms with Crippen molar-refractivity contribution >= 4 is 23.6 Å². The Morgan fingerprint density at radius 1 is 1.00 bits per heavy atom. The van der Waals surface area contributed by atoms with E-state index in [1.54, 1.807) is 45.0 Å². The topological polar surface area (TPSA) is 96.5 Å². The van der Waals surface area contributed by atoms with Gasteiger partial charge >= 0.3 is 6.09 Å². The summed E-state index contributed by atoms with van der Waals surface area (Å²) in [5.41, 5.74) is 5.41. The van der Waals surface area contributed by atoms with Gasteiger partial charge in [-0.3, -0.25) is 25.8 Å². The molecule has 4 aliphatic carbocycles. The maximum atomic E-state index is 12.6. The minimum atomic E-state index is -0.611. The summed E-state index contributed by atoms with van der Waals surface area (Å²) in [7, 11) is 0. The Balaban J connectivity index is 1.29. The Morgan fingerprint density at radius 3 is 2.19 bits per heavy atom. The number of hydrazine groups is 1. The molecule has 7 nitrogen and oxygen atoms in total. The summed E-state index contributed by atoms with van der Waals surface area (Å²) in [5.74, 6) is 1.81. The summed E-state index contributed by atoms with van der Waals surface area (Å²) in [5, 5.41) is 2.62. The van der Waals surface area contributed by atoms with Crippen LogP contribution >= 0.6 is 0 Å². The van der Waals surface area contributed by atoms with Gasteiger partial charge in [0, 0.05) is 17.7 Å². The molecule has 3 N–H and O–H groups in total. The molecule has 0 aliphatic heterocycles. The molecule has 0 atom stereocenters. The summed E-state index contributed by atoms with van der Waals surface area (Å²) >= 11 is 0. The van der Waals surface area contributed by atoms with Gasteiger partial charge in [0.2, 0.25) is 5.91 Å². The highest BCUT2D eigenvalue weighted by Crippen LogP contribution is 2.61. The number of amides is 3. The molecule has 4 aliphatic rings. The lowest BCUT2D eigenvalue weighted by Crippen LogP contribution is -2.50. The Morgan fingerprint density at radius 2 is 1.61 bits per heavy atom. The lowest BCUT2D eigenvalue weighted by atomic mass is 9.49. The first-order valence-corrected chi connectivity index (χ1v) is 11.3. The second-order valence-electron chi connectivity index (χ2n) is 10.8. The van der Waals surface area contributed by atoms with Crippen LogP contribution in [0.5, 0.6) is 0 Å². The molecule has 168 valence electrons. The molecule has 4 fully saturated rings. The van der Waals surface area contributed by atoms with Crippen molar-refractivity contribution in [1.82, 2.24) is 10.9 Å². The Kier molecular flexibility index (Phi) is 5.71. The van der Waals surface area contributed by atoms with Gasteiger partial charge in [0.15, 0.2) is 0 Å². The zero-order chi connectivity index (χ0) is 22.2. The van der Waals surface area contributed by atoms with E-state index in [2.05, 4.69) is 16.2 Å². The third kappa shape index (κ3) is 5.38. The molecule has 4 bridgehead atoms. The second-order valence-corrected chi connectivity index (χ2v) is 10.8.